The van der Waals surface area contributed by atoms with Gasteiger partial charge in [-0.25, -0.2) is 10.4 Å². The molecule has 140 valence electrons. The van der Waals surface area contributed by atoms with Crippen molar-refractivity contribution in [1.82, 2.24) is 19.5 Å². The molecule has 2 aromatic rings. The number of anilines is 2. The molecule has 3 atom stereocenters. The van der Waals surface area contributed by atoms with E-state index in [1.807, 2.05) is 13.1 Å². The van der Waals surface area contributed by atoms with Gasteiger partial charge in [0, 0.05) is 12.6 Å². The van der Waals surface area contributed by atoms with Crippen LogP contribution in [0, 0.1) is 5.92 Å². The van der Waals surface area contributed by atoms with E-state index < -0.39 is 12.3 Å². The number of hydrazone groups is 1. The Morgan fingerprint density at radius 3 is 2.88 bits per heavy atom. The normalized spacial score (nSPS) is 27.5. The smallest absolute Gasteiger partial charge is 0.247 e. The number of aliphatic hydroxyl groups excluding tert-OH is 1. The molecule has 9 nitrogen and oxygen atoms in total. The number of aliphatic hydroxyl groups is 1. The summed E-state index contributed by atoms with van der Waals surface area (Å²) in [5.41, 5.74) is 9.91. The number of rotatable bonds is 4. The number of imidazole rings is 1. The molecule has 0 spiro atoms. The van der Waals surface area contributed by atoms with Gasteiger partial charge >= 0.3 is 0 Å². The number of nitrogens with two attached hydrogens (primary N) is 1. The van der Waals surface area contributed by atoms with Gasteiger partial charge in [0.2, 0.25) is 5.95 Å². The van der Waals surface area contributed by atoms with Gasteiger partial charge in [0.1, 0.15) is 11.6 Å². The summed E-state index contributed by atoms with van der Waals surface area (Å²) in [6, 6.07) is 0. The zero-order chi connectivity index (χ0) is 18.1. The van der Waals surface area contributed by atoms with Gasteiger partial charge in [-0.15, -0.1) is 0 Å². The second-order valence-electron chi connectivity index (χ2n) is 7.18. The Kier molecular flexibility index (Phi) is 4.73. The van der Waals surface area contributed by atoms with E-state index >= 15 is 0 Å². The molecule has 1 saturated heterocycles. The molecule has 4 rings (SSSR count). The Bertz CT molecular complexity index is 800. The molecule has 0 radical (unpaired) electrons. The summed E-state index contributed by atoms with van der Waals surface area (Å²) in [5.74, 6) is 1.08. The van der Waals surface area contributed by atoms with Gasteiger partial charge in [0.15, 0.2) is 17.7 Å². The number of fused-ring (bicyclic) bond motifs is 1. The maximum Gasteiger partial charge on any atom is 0.247 e. The van der Waals surface area contributed by atoms with Gasteiger partial charge in [-0.05, 0) is 25.7 Å². The van der Waals surface area contributed by atoms with E-state index in [0.717, 1.165) is 0 Å². The van der Waals surface area contributed by atoms with Crippen molar-refractivity contribution in [3.05, 3.63) is 6.33 Å². The van der Waals surface area contributed by atoms with Crippen molar-refractivity contribution in [3.63, 3.8) is 0 Å². The molecular weight excluding hydrogens is 334 g/mol. The monoisotopic (exact) mass is 359 g/mol. The third-order valence-corrected chi connectivity index (χ3v) is 5.10. The van der Waals surface area contributed by atoms with Crippen LogP contribution in [-0.4, -0.2) is 43.0 Å². The highest BCUT2D eigenvalue weighted by atomic mass is 16.5. The molecular formula is C17H25N7O2. The molecule has 0 aromatic carbocycles. The Labute approximate surface area is 151 Å². The largest absolute Gasteiger partial charge is 0.388 e. The Morgan fingerprint density at radius 2 is 2.15 bits per heavy atom. The fraction of sp³-hybridized carbons (Fsp3) is 0.647. The van der Waals surface area contributed by atoms with Crippen LogP contribution in [0.4, 0.5) is 11.8 Å². The highest BCUT2D eigenvalue weighted by Gasteiger charge is 2.34. The lowest BCUT2D eigenvalue weighted by Crippen LogP contribution is -2.19. The van der Waals surface area contributed by atoms with E-state index in [-0.39, 0.29) is 11.9 Å². The topological polar surface area (TPSA) is 123 Å². The molecule has 3 heterocycles. The van der Waals surface area contributed by atoms with Gasteiger partial charge in [0.05, 0.1) is 12.4 Å². The van der Waals surface area contributed by atoms with E-state index in [0.29, 0.717) is 29.5 Å². The van der Waals surface area contributed by atoms with E-state index in [4.69, 9.17) is 10.5 Å². The molecule has 0 bridgehead atoms. The van der Waals surface area contributed by atoms with Gasteiger partial charge in [-0.3, -0.25) is 4.57 Å². The average molecular weight is 359 g/mol. The summed E-state index contributed by atoms with van der Waals surface area (Å²) in [7, 11) is 0. The molecule has 0 unspecified atom stereocenters. The number of ether oxygens (including phenoxy) is 1. The summed E-state index contributed by atoms with van der Waals surface area (Å²) in [5, 5.41) is 14.5. The molecule has 2 fully saturated rings. The number of nitrogen functional groups attached to an aromatic ring is 1. The molecule has 0 amide bonds. The predicted octanol–water partition coefficient (Wildman–Crippen LogP) is 2.05. The van der Waals surface area contributed by atoms with Crippen LogP contribution in [0.15, 0.2) is 11.4 Å². The number of hydrogen-bond acceptors (Lipinski definition) is 8. The summed E-state index contributed by atoms with van der Waals surface area (Å²) < 4.78 is 7.49. The Balaban J connectivity index is 1.56. The fourth-order valence-electron chi connectivity index (χ4n) is 3.75. The van der Waals surface area contributed by atoms with Crippen molar-refractivity contribution < 1.29 is 9.84 Å². The van der Waals surface area contributed by atoms with Crippen LogP contribution in [0.2, 0.25) is 0 Å². The fourth-order valence-corrected chi connectivity index (χ4v) is 3.75. The number of hydrogen-bond donors (Lipinski definition) is 3. The van der Waals surface area contributed by atoms with Gasteiger partial charge in [0.25, 0.3) is 0 Å². The van der Waals surface area contributed by atoms with Crippen LogP contribution < -0.4 is 11.2 Å². The lowest BCUT2D eigenvalue weighted by Gasteiger charge is -2.17. The molecule has 26 heavy (non-hydrogen) atoms. The molecule has 9 heteroatoms. The molecule has 2 aliphatic rings. The van der Waals surface area contributed by atoms with Crippen LogP contribution >= 0.6 is 0 Å². The van der Waals surface area contributed by atoms with Crippen molar-refractivity contribution in [2.24, 2.45) is 11.0 Å². The minimum absolute atomic E-state index is 0.0238. The van der Waals surface area contributed by atoms with Gasteiger partial charge < -0.3 is 15.6 Å². The lowest BCUT2D eigenvalue weighted by atomic mass is 9.90. The summed E-state index contributed by atoms with van der Waals surface area (Å²) in [4.78, 5) is 13.0. The van der Waals surface area contributed by atoms with Crippen molar-refractivity contribution in [3.8, 4) is 0 Å². The van der Waals surface area contributed by atoms with E-state index in [1.165, 1.54) is 32.1 Å². The van der Waals surface area contributed by atoms with Crippen LogP contribution in [0.1, 0.15) is 51.7 Å². The van der Waals surface area contributed by atoms with Crippen LogP contribution in [0.25, 0.3) is 11.2 Å². The predicted molar refractivity (Wildman–Crippen MR) is 98.6 cm³/mol. The molecule has 1 aliphatic heterocycles. The van der Waals surface area contributed by atoms with Crippen molar-refractivity contribution in [1.29, 1.82) is 0 Å². The van der Waals surface area contributed by atoms with Crippen molar-refractivity contribution >= 4 is 29.1 Å². The average Bonchev–Trinajstić information content (AvgIpc) is 3.18. The van der Waals surface area contributed by atoms with Crippen LogP contribution in [0.5, 0.6) is 0 Å². The van der Waals surface area contributed by atoms with Crippen LogP contribution in [-0.2, 0) is 4.74 Å². The first-order valence-electron chi connectivity index (χ1n) is 9.24. The summed E-state index contributed by atoms with van der Waals surface area (Å²) >= 11 is 0. The van der Waals surface area contributed by atoms with Gasteiger partial charge in [-0.1, -0.05) is 19.3 Å². The molecule has 1 aliphatic carbocycles. The number of aromatic nitrogens is 4. The van der Waals surface area contributed by atoms with E-state index in [2.05, 4.69) is 25.5 Å². The standard InChI is InChI=1S/C17H25N7O2/c1-10-7-12(25)16(26-10)24-9-19-13-14(18)21-17(22-15(13)24)23-20-8-11-5-3-2-4-6-11/h8-12,16,25H,2-7H2,1H3,(H3,18,21,22,23)/b20-8+/t10-,12-,16-/m0/s1. The van der Waals surface area contributed by atoms with Crippen LogP contribution in [0.3, 0.4) is 0 Å². The summed E-state index contributed by atoms with van der Waals surface area (Å²) in [6.07, 6.45) is 9.10. The zero-order valence-corrected chi connectivity index (χ0v) is 14.9. The zero-order valence-electron chi connectivity index (χ0n) is 14.9. The van der Waals surface area contributed by atoms with Gasteiger partial charge in [-0.2, -0.15) is 15.1 Å². The minimum atomic E-state index is -0.612. The summed E-state index contributed by atoms with van der Waals surface area (Å²) in [6.45, 7) is 1.93. The third-order valence-electron chi connectivity index (χ3n) is 5.10. The Hall–Kier alpha value is -2.26. The van der Waals surface area contributed by atoms with E-state index in [1.54, 1.807) is 10.9 Å². The number of nitrogens with zero attached hydrogens (tertiary/aromatic N) is 5. The maximum atomic E-state index is 10.2. The molecule has 1 saturated carbocycles. The second kappa shape index (κ2) is 7.16. The highest BCUT2D eigenvalue weighted by Crippen LogP contribution is 2.31. The highest BCUT2D eigenvalue weighted by molar-refractivity contribution is 5.83. The quantitative estimate of drug-likeness (QED) is 0.564. The maximum absolute atomic E-state index is 10.2. The van der Waals surface area contributed by atoms with E-state index in [9.17, 15) is 5.11 Å². The van der Waals surface area contributed by atoms with Crippen molar-refractivity contribution in [2.45, 2.75) is 63.9 Å². The lowest BCUT2D eigenvalue weighted by molar-refractivity contribution is -0.0297. The SMILES string of the molecule is C[C@H]1C[C@H](O)[C@@H](n2cnc3c(N)nc(N/N=C/C4CCCCC4)nc32)O1. The molecule has 2 aromatic heterocycles. The Morgan fingerprint density at radius 1 is 1.35 bits per heavy atom. The first-order chi connectivity index (χ1) is 12.6. The first-order valence-corrected chi connectivity index (χ1v) is 9.24. The minimum Gasteiger partial charge on any atom is -0.388 e. The van der Waals surface area contributed by atoms with Crippen molar-refractivity contribution in [2.75, 3.05) is 11.2 Å². The first kappa shape index (κ1) is 17.2. The third kappa shape index (κ3) is 3.36. The second-order valence-corrected chi connectivity index (χ2v) is 7.18. The number of nitrogens with one attached hydrogen (secondary N) is 1. The molecule has 4 N–H and O–H groups in total.